The zero-order valence-electron chi connectivity index (χ0n) is 15.1. The van der Waals surface area contributed by atoms with E-state index in [1.54, 1.807) is 18.4 Å². The van der Waals surface area contributed by atoms with Gasteiger partial charge in [0.2, 0.25) is 5.91 Å². The van der Waals surface area contributed by atoms with E-state index in [0.717, 1.165) is 32.1 Å². The second-order valence-corrected chi connectivity index (χ2v) is 8.33. The molecule has 138 valence electrons. The van der Waals surface area contributed by atoms with E-state index in [1.165, 1.54) is 16.2 Å². The van der Waals surface area contributed by atoms with Crippen molar-refractivity contribution in [2.75, 3.05) is 18.9 Å². The molecule has 0 unspecified atom stereocenters. The van der Waals surface area contributed by atoms with E-state index in [1.807, 2.05) is 54.1 Å². The minimum atomic E-state index is -0.220. The Morgan fingerprint density at radius 2 is 2.11 bits per heavy atom. The molecule has 0 aliphatic heterocycles. The number of carbonyl (C=O) groups is 2. The molecule has 2 amide bonds. The molecular weight excluding hydrogens is 380 g/mol. The Labute approximate surface area is 164 Å². The van der Waals surface area contributed by atoms with E-state index in [2.05, 4.69) is 10.3 Å². The maximum absolute atomic E-state index is 12.7. The molecule has 0 atom stereocenters. The van der Waals surface area contributed by atoms with Gasteiger partial charge in [-0.25, -0.2) is 4.98 Å². The van der Waals surface area contributed by atoms with Crippen molar-refractivity contribution in [3.63, 3.8) is 0 Å². The third-order valence-corrected chi connectivity index (χ3v) is 6.32. The highest BCUT2D eigenvalue weighted by molar-refractivity contribution is 7.21. The van der Waals surface area contributed by atoms with Crippen LogP contribution in [0.1, 0.15) is 20.8 Å². The van der Waals surface area contributed by atoms with Crippen molar-refractivity contribution in [1.29, 1.82) is 0 Å². The number of thiophene rings is 1. The van der Waals surface area contributed by atoms with Gasteiger partial charge in [0, 0.05) is 24.3 Å². The molecule has 6 nitrogen and oxygen atoms in total. The molecule has 27 heavy (non-hydrogen) atoms. The van der Waals surface area contributed by atoms with Crippen LogP contribution < -0.4 is 5.32 Å². The summed E-state index contributed by atoms with van der Waals surface area (Å²) in [6.07, 6.45) is 1.94. The number of hydrogen-bond donors (Lipinski definition) is 1. The first-order chi connectivity index (χ1) is 12.9. The van der Waals surface area contributed by atoms with Gasteiger partial charge >= 0.3 is 0 Å². The number of benzene rings is 1. The molecule has 0 bridgehead atoms. The predicted octanol–water partition coefficient (Wildman–Crippen LogP) is 3.94. The number of rotatable bonds is 4. The molecule has 4 rings (SSSR count). The predicted molar refractivity (Wildman–Crippen MR) is 110 cm³/mol. The van der Waals surface area contributed by atoms with Crippen molar-refractivity contribution in [3.8, 4) is 0 Å². The molecule has 0 saturated carbocycles. The molecule has 0 radical (unpaired) electrons. The number of anilines is 1. The van der Waals surface area contributed by atoms with E-state index in [4.69, 9.17) is 0 Å². The van der Waals surface area contributed by atoms with Gasteiger partial charge in [-0.1, -0.05) is 12.1 Å². The summed E-state index contributed by atoms with van der Waals surface area (Å²) in [5.41, 5.74) is 3.84. The highest BCUT2D eigenvalue weighted by atomic mass is 32.1. The average Bonchev–Trinajstić information content (AvgIpc) is 3.30. The number of thiazole rings is 1. The van der Waals surface area contributed by atoms with Gasteiger partial charge in [-0.15, -0.1) is 22.7 Å². The van der Waals surface area contributed by atoms with Gasteiger partial charge in [-0.05, 0) is 37.1 Å². The zero-order valence-corrected chi connectivity index (χ0v) is 16.8. The lowest BCUT2D eigenvalue weighted by molar-refractivity contribution is -0.116. The highest BCUT2D eigenvalue weighted by Gasteiger charge is 2.20. The quantitative estimate of drug-likeness (QED) is 0.566. The summed E-state index contributed by atoms with van der Waals surface area (Å²) in [5.74, 6) is -0.402. The van der Waals surface area contributed by atoms with Crippen molar-refractivity contribution >= 4 is 55.5 Å². The molecule has 8 heteroatoms. The normalized spacial score (nSPS) is 11.2. The fourth-order valence-electron chi connectivity index (χ4n) is 2.90. The van der Waals surface area contributed by atoms with Crippen molar-refractivity contribution in [3.05, 3.63) is 51.8 Å². The maximum Gasteiger partial charge on any atom is 0.264 e. The topological polar surface area (TPSA) is 66.7 Å². The summed E-state index contributed by atoms with van der Waals surface area (Å²) in [5, 5.41) is 4.85. The third kappa shape index (κ3) is 3.22. The second kappa shape index (κ2) is 6.79. The summed E-state index contributed by atoms with van der Waals surface area (Å²) in [6, 6.07) is 7.61. The number of nitrogens with one attached hydrogen (secondary N) is 1. The molecule has 4 aromatic rings. The molecule has 0 aliphatic rings. The Hall–Kier alpha value is -2.71. The maximum atomic E-state index is 12.7. The van der Waals surface area contributed by atoms with E-state index in [0.29, 0.717) is 4.88 Å². The SMILES string of the molecule is Cc1cccc(NC(=O)CN(C)C(=O)c2cc3c(nc4sccn43)s2)c1C. The first kappa shape index (κ1) is 17.7. The molecule has 0 saturated heterocycles. The minimum Gasteiger partial charge on any atom is -0.332 e. The summed E-state index contributed by atoms with van der Waals surface area (Å²) < 4.78 is 1.97. The summed E-state index contributed by atoms with van der Waals surface area (Å²) in [6.45, 7) is 3.95. The lowest BCUT2D eigenvalue weighted by atomic mass is 10.1. The molecule has 0 fully saturated rings. The fraction of sp³-hybridized carbons (Fsp3) is 0.211. The number of amides is 2. The van der Waals surface area contributed by atoms with Gasteiger partial charge in [0.25, 0.3) is 5.91 Å². The molecule has 1 aromatic carbocycles. The number of fused-ring (bicyclic) bond motifs is 3. The summed E-state index contributed by atoms with van der Waals surface area (Å²) in [7, 11) is 1.64. The number of carbonyl (C=O) groups excluding carboxylic acids is 2. The molecule has 1 N–H and O–H groups in total. The van der Waals surface area contributed by atoms with Crippen LogP contribution in [0.25, 0.3) is 15.3 Å². The van der Waals surface area contributed by atoms with Crippen LogP contribution in [-0.4, -0.2) is 39.7 Å². The van der Waals surface area contributed by atoms with E-state index >= 15 is 0 Å². The van der Waals surface area contributed by atoms with Crippen LogP contribution in [0, 0.1) is 13.8 Å². The summed E-state index contributed by atoms with van der Waals surface area (Å²) >= 11 is 2.91. The first-order valence-electron chi connectivity index (χ1n) is 8.40. The second-order valence-electron chi connectivity index (χ2n) is 6.43. The summed E-state index contributed by atoms with van der Waals surface area (Å²) in [4.78, 5) is 33.4. The van der Waals surface area contributed by atoms with E-state index in [9.17, 15) is 9.59 Å². The number of aryl methyl sites for hydroxylation is 1. The number of aromatic nitrogens is 2. The van der Waals surface area contributed by atoms with Gasteiger partial charge in [0.05, 0.1) is 16.9 Å². The van der Waals surface area contributed by atoms with E-state index in [-0.39, 0.29) is 18.4 Å². The Kier molecular flexibility index (Phi) is 4.45. The number of imidazole rings is 1. The molecular formula is C19H18N4O2S2. The Morgan fingerprint density at radius 3 is 2.93 bits per heavy atom. The number of nitrogens with zero attached hydrogens (tertiary/aromatic N) is 3. The standard InChI is InChI=1S/C19H18N4O2S2/c1-11-5-4-6-13(12(11)2)20-16(24)10-22(3)18(25)15-9-14-17(27-15)21-19-23(14)7-8-26-19/h4-9H,10H2,1-3H3,(H,20,24). The lowest BCUT2D eigenvalue weighted by Crippen LogP contribution is -2.34. The fourth-order valence-corrected chi connectivity index (χ4v) is 4.70. The number of likely N-dealkylation sites (N-methyl/N-ethyl adjacent to an activating group) is 1. The van der Waals surface area contributed by atoms with Crippen molar-refractivity contribution in [2.45, 2.75) is 13.8 Å². The lowest BCUT2D eigenvalue weighted by Gasteiger charge is -2.17. The average molecular weight is 399 g/mol. The van der Waals surface area contributed by atoms with Crippen molar-refractivity contribution in [2.24, 2.45) is 0 Å². The van der Waals surface area contributed by atoms with Gasteiger partial charge < -0.3 is 10.2 Å². The molecule has 3 heterocycles. The van der Waals surface area contributed by atoms with Crippen LogP contribution in [-0.2, 0) is 4.79 Å². The van der Waals surface area contributed by atoms with Gasteiger partial charge in [-0.2, -0.15) is 0 Å². The van der Waals surface area contributed by atoms with Crippen LogP contribution in [0.2, 0.25) is 0 Å². The molecule has 0 aliphatic carbocycles. The van der Waals surface area contributed by atoms with Crippen LogP contribution >= 0.6 is 22.7 Å². The monoisotopic (exact) mass is 398 g/mol. The third-order valence-electron chi connectivity index (χ3n) is 4.56. The minimum absolute atomic E-state index is 0.0111. The smallest absolute Gasteiger partial charge is 0.264 e. The van der Waals surface area contributed by atoms with Gasteiger partial charge in [-0.3, -0.25) is 14.0 Å². The Balaban J connectivity index is 1.47. The molecule has 3 aromatic heterocycles. The Morgan fingerprint density at radius 1 is 1.30 bits per heavy atom. The zero-order chi connectivity index (χ0) is 19.1. The van der Waals surface area contributed by atoms with Crippen molar-refractivity contribution in [1.82, 2.24) is 14.3 Å². The van der Waals surface area contributed by atoms with Crippen molar-refractivity contribution < 1.29 is 9.59 Å². The highest BCUT2D eigenvalue weighted by Crippen LogP contribution is 2.28. The van der Waals surface area contributed by atoms with Crippen LogP contribution in [0.4, 0.5) is 5.69 Å². The largest absolute Gasteiger partial charge is 0.332 e. The molecule has 0 spiro atoms. The van der Waals surface area contributed by atoms with Gasteiger partial charge in [0.1, 0.15) is 4.83 Å². The van der Waals surface area contributed by atoms with Gasteiger partial charge in [0.15, 0.2) is 4.96 Å². The van der Waals surface area contributed by atoms with E-state index < -0.39 is 0 Å². The van der Waals surface area contributed by atoms with Crippen LogP contribution in [0.5, 0.6) is 0 Å². The van der Waals surface area contributed by atoms with Crippen LogP contribution in [0.3, 0.4) is 0 Å². The van der Waals surface area contributed by atoms with Crippen LogP contribution in [0.15, 0.2) is 35.8 Å². The number of hydrogen-bond acceptors (Lipinski definition) is 5. The Bertz CT molecular complexity index is 1170. The first-order valence-corrected chi connectivity index (χ1v) is 10.1.